The van der Waals surface area contributed by atoms with Crippen molar-refractivity contribution in [3.63, 3.8) is 0 Å². The summed E-state index contributed by atoms with van der Waals surface area (Å²) in [7, 11) is 0. The molecule has 1 atom stereocenters. The first kappa shape index (κ1) is 21.4. The van der Waals surface area contributed by atoms with Crippen molar-refractivity contribution in [1.82, 2.24) is 0 Å². The Kier molecular flexibility index (Phi) is 8.29. The SMILES string of the molecule is CC(N)(CCc1ccccc1)C(=O)Oc1ccccc1.O=P(O)(O)Cl. The van der Waals surface area contributed by atoms with Crippen LogP contribution < -0.4 is 10.5 Å². The van der Waals surface area contributed by atoms with Gasteiger partial charge in [0.2, 0.25) is 0 Å². The molecule has 0 heterocycles. The predicted molar refractivity (Wildman–Crippen MR) is 97.3 cm³/mol. The molecule has 8 heteroatoms. The molecule has 0 radical (unpaired) electrons. The van der Waals surface area contributed by atoms with E-state index in [-0.39, 0.29) is 0 Å². The van der Waals surface area contributed by atoms with Crippen molar-refractivity contribution < 1.29 is 23.9 Å². The molecule has 25 heavy (non-hydrogen) atoms. The van der Waals surface area contributed by atoms with Crippen molar-refractivity contribution in [2.45, 2.75) is 25.3 Å². The van der Waals surface area contributed by atoms with Gasteiger partial charge >= 0.3 is 12.9 Å². The van der Waals surface area contributed by atoms with Crippen molar-refractivity contribution in [2.24, 2.45) is 5.73 Å². The highest BCUT2D eigenvalue weighted by Gasteiger charge is 2.30. The smallest absolute Gasteiger partial charge is 0.419 e. The van der Waals surface area contributed by atoms with Gasteiger partial charge in [-0.15, -0.1) is 0 Å². The topological polar surface area (TPSA) is 110 Å². The molecule has 0 aliphatic carbocycles. The molecule has 6 nitrogen and oxygen atoms in total. The number of aryl methyl sites for hydroxylation is 1. The lowest BCUT2D eigenvalue weighted by Gasteiger charge is -2.22. The first-order valence-corrected chi connectivity index (χ1v) is 9.95. The number of esters is 1. The molecular formula is C17H21ClNO5P. The molecule has 0 aliphatic heterocycles. The van der Waals surface area contributed by atoms with Gasteiger partial charge in [-0.05, 0) is 37.5 Å². The van der Waals surface area contributed by atoms with E-state index in [2.05, 4.69) is 11.2 Å². The number of rotatable bonds is 5. The molecule has 2 aromatic carbocycles. The van der Waals surface area contributed by atoms with Crippen LogP contribution in [-0.4, -0.2) is 21.3 Å². The summed E-state index contributed by atoms with van der Waals surface area (Å²) in [4.78, 5) is 26.9. The number of halogens is 1. The molecule has 136 valence electrons. The Morgan fingerprint density at radius 3 is 2.04 bits per heavy atom. The monoisotopic (exact) mass is 385 g/mol. The molecule has 0 fully saturated rings. The maximum atomic E-state index is 12.1. The Labute approximate surface area is 151 Å². The summed E-state index contributed by atoms with van der Waals surface area (Å²) in [6.45, 7) is -2.46. The third-order valence-corrected chi connectivity index (χ3v) is 3.20. The van der Waals surface area contributed by atoms with Gasteiger partial charge < -0.3 is 20.3 Å². The molecule has 0 aromatic heterocycles. The zero-order chi connectivity index (χ0) is 18.9. The number of carbonyl (C=O) groups is 1. The molecule has 4 N–H and O–H groups in total. The molecule has 0 spiro atoms. The van der Waals surface area contributed by atoms with Crippen molar-refractivity contribution in [1.29, 1.82) is 0 Å². The second-order valence-corrected chi connectivity index (χ2v) is 7.85. The van der Waals surface area contributed by atoms with Crippen LogP contribution in [0.15, 0.2) is 60.7 Å². The molecular weight excluding hydrogens is 365 g/mol. The Bertz CT molecular complexity index is 695. The van der Waals surface area contributed by atoms with Crippen LogP contribution in [0.5, 0.6) is 5.75 Å². The fraction of sp³-hybridized carbons (Fsp3) is 0.235. The van der Waals surface area contributed by atoms with E-state index in [1.54, 1.807) is 19.1 Å². The Balaban J connectivity index is 0.000000550. The van der Waals surface area contributed by atoms with Crippen LogP contribution in [-0.2, 0) is 15.8 Å². The van der Waals surface area contributed by atoms with Crippen molar-refractivity contribution in [3.8, 4) is 5.75 Å². The lowest BCUT2D eigenvalue weighted by molar-refractivity contribution is -0.140. The lowest BCUT2D eigenvalue weighted by Crippen LogP contribution is -2.47. The van der Waals surface area contributed by atoms with E-state index in [1.165, 1.54) is 0 Å². The highest BCUT2D eigenvalue weighted by atomic mass is 35.7. The van der Waals surface area contributed by atoms with E-state index in [9.17, 15) is 4.79 Å². The average Bonchev–Trinajstić information content (AvgIpc) is 2.53. The van der Waals surface area contributed by atoms with Crippen LogP contribution >= 0.6 is 18.2 Å². The highest BCUT2D eigenvalue weighted by molar-refractivity contribution is 7.79. The molecule has 0 amide bonds. The average molecular weight is 386 g/mol. The van der Waals surface area contributed by atoms with Gasteiger partial charge in [0.15, 0.2) is 0 Å². The molecule has 1 unspecified atom stereocenters. The number of para-hydroxylation sites is 1. The predicted octanol–water partition coefficient (Wildman–Crippen LogP) is 3.26. The summed E-state index contributed by atoms with van der Waals surface area (Å²) in [5.74, 6) is 0.119. The van der Waals surface area contributed by atoms with Gasteiger partial charge in [0, 0.05) is 11.2 Å². The second-order valence-electron chi connectivity index (χ2n) is 5.58. The van der Waals surface area contributed by atoms with Crippen LogP contribution in [0.25, 0.3) is 0 Å². The third kappa shape index (κ3) is 10.0. The molecule has 2 rings (SSSR count). The fourth-order valence-electron chi connectivity index (χ4n) is 1.86. The highest BCUT2D eigenvalue weighted by Crippen LogP contribution is 2.39. The van der Waals surface area contributed by atoms with Gasteiger partial charge in [-0.3, -0.25) is 0 Å². The summed E-state index contributed by atoms with van der Waals surface area (Å²) in [6.07, 6.45) is 1.29. The maximum absolute atomic E-state index is 12.1. The van der Waals surface area contributed by atoms with Gasteiger partial charge in [0.1, 0.15) is 11.3 Å². The summed E-state index contributed by atoms with van der Waals surface area (Å²) in [5, 5.41) is 0. The zero-order valence-corrected chi connectivity index (χ0v) is 15.4. The van der Waals surface area contributed by atoms with Crippen LogP contribution in [0, 0.1) is 0 Å². The van der Waals surface area contributed by atoms with Gasteiger partial charge in [0.05, 0.1) is 0 Å². The zero-order valence-electron chi connectivity index (χ0n) is 13.7. The molecule has 0 saturated carbocycles. The van der Waals surface area contributed by atoms with Crippen LogP contribution in [0.1, 0.15) is 18.9 Å². The molecule has 2 aromatic rings. The summed E-state index contributed by atoms with van der Waals surface area (Å²) < 4.78 is 14.4. The van der Waals surface area contributed by atoms with E-state index in [1.807, 2.05) is 48.5 Å². The number of nitrogens with two attached hydrogens (primary N) is 1. The lowest BCUT2D eigenvalue weighted by atomic mass is 9.94. The van der Waals surface area contributed by atoms with Crippen LogP contribution in [0.4, 0.5) is 0 Å². The van der Waals surface area contributed by atoms with E-state index < -0.39 is 18.5 Å². The Morgan fingerprint density at radius 2 is 1.56 bits per heavy atom. The number of carbonyl (C=O) groups excluding carboxylic acids is 1. The second kappa shape index (κ2) is 9.70. The number of benzene rings is 2. The van der Waals surface area contributed by atoms with Gasteiger partial charge in [-0.1, -0.05) is 48.5 Å². The maximum Gasteiger partial charge on any atom is 0.419 e. The quantitative estimate of drug-likeness (QED) is 0.414. The van der Waals surface area contributed by atoms with E-state index >= 15 is 0 Å². The normalized spacial score (nSPS) is 13.2. The minimum Gasteiger partial charge on any atom is -0.425 e. The first-order valence-electron chi connectivity index (χ1n) is 7.43. The van der Waals surface area contributed by atoms with E-state index in [4.69, 9.17) is 24.8 Å². The molecule has 0 aliphatic rings. The van der Waals surface area contributed by atoms with E-state index in [0.29, 0.717) is 12.2 Å². The number of hydrogen-bond donors (Lipinski definition) is 3. The largest absolute Gasteiger partial charge is 0.425 e. The summed E-state index contributed by atoms with van der Waals surface area (Å²) in [5.41, 5.74) is 6.25. The van der Waals surface area contributed by atoms with Gasteiger partial charge in [-0.25, -0.2) is 9.36 Å². The summed E-state index contributed by atoms with van der Waals surface area (Å²) >= 11 is 4.20. The Hall–Kier alpha value is -1.69. The van der Waals surface area contributed by atoms with Crippen LogP contribution in [0.2, 0.25) is 0 Å². The molecule has 0 saturated heterocycles. The van der Waals surface area contributed by atoms with Gasteiger partial charge in [-0.2, -0.15) is 0 Å². The van der Waals surface area contributed by atoms with Crippen molar-refractivity contribution in [3.05, 3.63) is 66.2 Å². The van der Waals surface area contributed by atoms with Crippen LogP contribution in [0.3, 0.4) is 0 Å². The minimum atomic E-state index is -4.17. The third-order valence-electron chi connectivity index (χ3n) is 3.20. The van der Waals surface area contributed by atoms with Crippen molar-refractivity contribution in [2.75, 3.05) is 0 Å². The van der Waals surface area contributed by atoms with Gasteiger partial charge in [0.25, 0.3) is 0 Å². The fourth-order valence-corrected chi connectivity index (χ4v) is 1.86. The standard InChI is InChI=1S/C17H19NO2.ClH2O3P/c1-17(18,13-12-14-8-4-2-5-9-14)16(19)20-15-10-6-3-7-11-15;1-5(2,3)4/h2-11H,12-13,18H2,1H3;(H2,2,3,4). The summed E-state index contributed by atoms with van der Waals surface area (Å²) in [6, 6.07) is 19.0. The number of ether oxygens (including phenoxy) is 1. The van der Waals surface area contributed by atoms with Crippen molar-refractivity contribution >= 4 is 24.2 Å². The minimum absolute atomic E-state index is 0.403. The first-order chi connectivity index (χ1) is 11.6. The molecule has 0 bridgehead atoms. The number of hydrogen-bond acceptors (Lipinski definition) is 4. The van der Waals surface area contributed by atoms with E-state index in [0.717, 1.165) is 12.0 Å². The Morgan fingerprint density at radius 1 is 1.12 bits per heavy atom.